The third kappa shape index (κ3) is 2.56. The van der Waals surface area contributed by atoms with Crippen LogP contribution in [0.1, 0.15) is 29.0 Å². The highest BCUT2D eigenvalue weighted by atomic mass is 16.2. The molecule has 118 valence electrons. The van der Waals surface area contributed by atoms with Crippen molar-refractivity contribution in [1.29, 1.82) is 0 Å². The molecule has 1 aliphatic rings. The van der Waals surface area contributed by atoms with Crippen LogP contribution in [0.2, 0.25) is 0 Å². The highest BCUT2D eigenvalue weighted by molar-refractivity contribution is 6.10. The number of hydrogen-bond acceptors (Lipinski definition) is 3. The van der Waals surface area contributed by atoms with E-state index in [1.807, 2.05) is 31.3 Å². The first kappa shape index (κ1) is 14.6. The van der Waals surface area contributed by atoms with Gasteiger partial charge in [-0.2, -0.15) is 5.10 Å². The zero-order valence-corrected chi connectivity index (χ0v) is 13.4. The van der Waals surface area contributed by atoms with Gasteiger partial charge in [-0.1, -0.05) is 36.4 Å². The molecule has 24 heavy (non-hydrogen) atoms. The van der Waals surface area contributed by atoms with Crippen molar-refractivity contribution in [1.82, 2.24) is 10.4 Å². The predicted octanol–water partition coefficient (Wildman–Crippen LogP) is 3.55. The Hall–Kier alpha value is -3.01. The van der Waals surface area contributed by atoms with Crippen LogP contribution in [0.3, 0.4) is 0 Å². The largest absolute Gasteiger partial charge is 0.273 e. The minimum absolute atomic E-state index is 0.0529. The van der Waals surface area contributed by atoms with Crippen molar-refractivity contribution < 1.29 is 4.79 Å². The monoisotopic (exact) mass is 315 g/mol. The second-order valence-corrected chi connectivity index (χ2v) is 6.08. The van der Waals surface area contributed by atoms with Crippen molar-refractivity contribution >= 4 is 22.4 Å². The van der Waals surface area contributed by atoms with E-state index >= 15 is 0 Å². The molecule has 2 heterocycles. The molecule has 1 amide bonds. The summed E-state index contributed by atoms with van der Waals surface area (Å²) in [7, 11) is 0. The van der Waals surface area contributed by atoms with Gasteiger partial charge in [0, 0.05) is 24.7 Å². The standard InChI is InChI=1S/C20H17N3O/c1-13-12-21-9-8-17(13)18-11-19(24)22-23-20(18)16-7-6-14-4-2-3-5-15(14)10-16/h2-10,12,18H,11H2,1H3,(H,22,24). The number of pyridine rings is 1. The van der Waals surface area contributed by atoms with Crippen LogP contribution in [-0.2, 0) is 4.79 Å². The number of amides is 1. The molecule has 0 aliphatic carbocycles. The molecule has 0 bridgehead atoms. The summed E-state index contributed by atoms with van der Waals surface area (Å²) in [4.78, 5) is 16.1. The normalized spacial score (nSPS) is 17.5. The molecule has 0 spiro atoms. The number of nitrogens with zero attached hydrogens (tertiary/aromatic N) is 2. The third-order valence-corrected chi connectivity index (χ3v) is 4.50. The van der Waals surface area contributed by atoms with Gasteiger partial charge in [0.1, 0.15) is 0 Å². The first-order chi connectivity index (χ1) is 11.7. The predicted molar refractivity (Wildman–Crippen MR) is 95.0 cm³/mol. The van der Waals surface area contributed by atoms with E-state index in [1.54, 1.807) is 6.20 Å². The third-order valence-electron chi connectivity index (χ3n) is 4.50. The number of aryl methyl sites for hydroxylation is 1. The van der Waals surface area contributed by atoms with Gasteiger partial charge in [-0.05, 0) is 46.5 Å². The molecule has 1 atom stereocenters. The lowest BCUT2D eigenvalue weighted by Crippen LogP contribution is -2.32. The van der Waals surface area contributed by atoms with Crippen molar-refractivity contribution in [2.24, 2.45) is 5.10 Å². The lowest BCUT2D eigenvalue weighted by Gasteiger charge is -2.24. The van der Waals surface area contributed by atoms with E-state index in [2.05, 4.69) is 45.8 Å². The van der Waals surface area contributed by atoms with E-state index < -0.39 is 0 Å². The molecule has 1 aliphatic heterocycles. The maximum atomic E-state index is 11.9. The lowest BCUT2D eigenvalue weighted by atomic mass is 9.84. The summed E-state index contributed by atoms with van der Waals surface area (Å²) in [5, 5.41) is 6.74. The number of rotatable bonds is 2. The van der Waals surface area contributed by atoms with E-state index in [0.29, 0.717) is 6.42 Å². The summed E-state index contributed by atoms with van der Waals surface area (Å²) in [6.45, 7) is 2.02. The smallest absolute Gasteiger partial charge is 0.241 e. The fourth-order valence-electron chi connectivity index (χ4n) is 3.27. The van der Waals surface area contributed by atoms with Crippen molar-refractivity contribution in [2.45, 2.75) is 19.3 Å². The van der Waals surface area contributed by atoms with E-state index in [4.69, 9.17) is 0 Å². The highest BCUT2D eigenvalue weighted by Gasteiger charge is 2.28. The minimum Gasteiger partial charge on any atom is -0.273 e. The van der Waals surface area contributed by atoms with Gasteiger partial charge in [-0.15, -0.1) is 0 Å². The van der Waals surface area contributed by atoms with E-state index in [-0.39, 0.29) is 11.8 Å². The molecule has 2 aromatic carbocycles. The van der Waals surface area contributed by atoms with E-state index in [9.17, 15) is 4.79 Å². The maximum absolute atomic E-state index is 11.9. The number of aromatic nitrogens is 1. The molecule has 1 N–H and O–H groups in total. The molecule has 0 saturated carbocycles. The Morgan fingerprint density at radius 2 is 1.92 bits per heavy atom. The molecule has 3 aromatic rings. The van der Waals surface area contributed by atoms with Crippen LogP contribution in [0.4, 0.5) is 0 Å². The molecule has 0 radical (unpaired) electrons. The number of nitrogens with one attached hydrogen (secondary N) is 1. The van der Waals surface area contributed by atoms with Gasteiger partial charge in [0.15, 0.2) is 0 Å². The van der Waals surface area contributed by atoms with Crippen LogP contribution >= 0.6 is 0 Å². The number of fused-ring (bicyclic) bond motifs is 1. The minimum atomic E-state index is -0.0549. The second-order valence-electron chi connectivity index (χ2n) is 6.08. The average Bonchev–Trinajstić information content (AvgIpc) is 2.62. The molecular formula is C20H17N3O. The van der Waals surface area contributed by atoms with E-state index in [0.717, 1.165) is 22.4 Å². The molecule has 1 aromatic heterocycles. The molecule has 1 unspecified atom stereocenters. The van der Waals surface area contributed by atoms with Crippen LogP contribution in [-0.4, -0.2) is 16.6 Å². The second kappa shape index (κ2) is 5.89. The fraction of sp³-hybridized carbons (Fsp3) is 0.150. The molecule has 0 saturated heterocycles. The summed E-state index contributed by atoms with van der Waals surface area (Å²) in [6, 6.07) is 16.5. The summed E-state index contributed by atoms with van der Waals surface area (Å²) < 4.78 is 0. The Balaban J connectivity index is 1.83. The summed E-state index contributed by atoms with van der Waals surface area (Å²) in [5.41, 5.74) is 6.74. The van der Waals surface area contributed by atoms with Crippen LogP contribution < -0.4 is 5.43 Å². The SMILES string of the molecule is Cc1cnccc1C1CC(=O)NN=C1c1ccc2ccccc2c1. The van der Waals surface area contributed by atoms with Crippen molar-refractivity contribution in [3.63, 3.8) is 0 Å². The topological polar surface area (TPSA) is 54.4 Å². The van der Waals surface area contributed by atoms with Gasteiger partial charge in [0.2, 0.25) is 5.91 Å². The maximum Gasteiger partial charge on any atom is 0.241 e. The zero-order chi connectivity index (χ0) is 16.5. The molecule has 4 rings (SSSR count). The zero-order valence-electron chi connectivity index (χ0n) is 13.4. The summed E-state index contributed by atoms with van der Waals surface area (Å²) >= 11 is 0. The summed E-state index contributed by atoms with van der Waals surface area (Å²) in [5.74, 6) is -0.108. The summed E-state index contributed by atoms with van der Waals surface area (Å²) in [6.07, 6.45) is 4.00. The van der Waals surface area contributed by atoms with Gasteiger partial charge in [0.05, 0.1) is 5.71 Å². The van der Waals surface area contributed by atoms with Crippen LogP contribution in [0, 0.1) is 6.92 Å². The van der Waals surface area contributed by atoms with E-state index in [1.165, 1.54) is 10.8 Å². The first-order valence-corrected chi connectivity index (χ1v) is 7.98. The number of carbonyl (C=O) groups excluding carboxylic acids is 1. The Bertz CT molecular complexity index is 962. The average molecular weight is 315 g/mol. The van der Waals surface area contributed by atoms with Crippen LogP contribution in [0.25, 0.3) is 10.8 Å². The Morgan fingerprint density at radius 3 is 2.75 bits per heavy atom. The van der Waals surface area contributed by atoms with Gasteiger partial charge in [-0.3, -0.25) is 9.78 Å². The Labute approximate surface area is 140 Å². The number of hydrazone groups is 1. The van der Waals surface area contributed by atoms with Gasteiger partial charge in [0.25, 0.3) is 0 Å². The number of benzene rings is 2. The van der Waals surface area contributed by atoms with Crippen molar-refractivity contribution in [3.05, 3.63) is 77.6 Å². The Kier molecular flexibility index (Phi) is 3.58. The van der Waals surface area contributed by atoms with Crippen molar-refractivity contribution in [2.75, 3.05) is 0 Å². The number of hydrogen-bond donors (Lipinski definition) is 1. The van der Waals surface area contributed by atoms with Gasteiger partial charge in [-0.25, -0.2) is 5.43 Å². The van der Waals surface area contributed by atoms with Crippen LogP contribution in [0.15, 0.2) is 66.0 Å². The number of carbonyl (C=O) groups is 1. The van der Waals surface area contributed by atoms with Gasteiger partial charge >= 0.3 is 0 Å². The molecule has 4 heteroatoms. The molecule has 4 nitrogen and oxygen atoms in total. The lowest BCUT2D eigenvalue weighted by molar-refractivity contribution is -0.121. The van der Waals surface area contributed by atoms with Gasteiger partial charge < -0.3 is 0 Å². The first-order valence-electron chi connectivity index (χ1n) is 7.98. The highest BCUT2D eigenvalue weighted by Crippen LogP contribution is 2.30. The Morgan fingerprint density at radius 1 is 1.08 bits per heavy atom. The van der Waals surface area contributed by atoms with Crippen molar-refractivity contribution in [3.8, 4) is 0 Å². The fourth-order valence-corrected chi connectivity index (χ4v) is 3.27. The quantitative estimate of drug-likeness (QED) is 0.786. The molecular weight excluding hydrogens is 298 g/mol. The van der Waals surface area contributed by atoms with Crippen LogP contribution in [0.5, 0.6) is 0 Å². The molecule has 0 fully saturated rings.